The molecule has 0 aliphatic carbocycles. The average molecular weight is 514 g/mol. The van der Waals surface area contributed by atoms with Crippen LogP contribution in [0.25, 0.3) is 0 Å². The topological polar surface area (TPSA) is 88.2 Å². The highest BCUT2D eigenvalue weighted by Crippen LogP contribution is 2.33. The maximum Gasteiger partial charge on any atom is 0.251 e. The van der Waals surface area contributed by atoms with E-state index in [0.717, 1.165) is 32.5 Å². The quantitative estimate of drug-likeness (QED) is 0.575. The van der Waals surface area contributed by atoms with Gasteiger partial charge in [0, 0.05) is 12.2 Å². The van der Waals surface area contributed by atoms with E-state index in [1.807, 2.05) is 39.8 Å². The molecule has 3 saturated heterocycles. The minimum absolute atomic E-state index is 0.0147. The maximum absolute atomic E-state index is 13.8. The van der Waals surface area contributed by atoms with E-state index in [9.17, 15) is 14.4 Å². The Labute approximate surface area is 221 Å². The Morgan fingerprint density at radius 2 is 1.81 bits per heavy atom. The average Bonchev–Trinajstić information content (AvgIpc) is 3.43. The van der Waals surface area contributed by atoms with E-state index in [2.05, 4.69) is 29.3 Å². The number of carbonyl (C=O) groups excluding carboxylic acids is 3. The zero-order valence-electron chi connectivity index (χ0n) is 23.0. The number of amides is 2. The van der Waals surface area contributed by atoms with E-state index in [-0.39, 0.29) is 36.9 Å². The molecule has 3 aliphatic rings. The fourth-order valence-corrected chi connectivity index (χ4v) is 5.94. The van der Waals surface area contributed by atoms with Gasteiger partial charge in [0.05, 0.1) is 6.54 Å². The van der Waals surface area contributed by atoms with Crippen LogP contribution in [0.4, 0.5) is 0 Å². The number of Topliss-reactive ketones (excluding diaryl/α,β-unsaturated/α-hetero) is 1. The highest BCUT2D eigenvalue weighted by Gasteiger charge is 2.54. The van der Waals surface area contributed by atoms with Crippen LogP contribution in [0.1, 0.15) is 75.7 Å². The lowest BCUT2D eigenvalue weighted by Crippen LogP contribution is -2.57. The lowest BCUT2D eigenvalue weighted by molar-refractivity contribution is -0.140. The number of nitrogens with zero attached hydrogens (tertiary/aromatic N) is 2. The van der Waals surface area contributed by atoms with Crippen LogP contribution in [-0.4, -0.2) is 91.1 Å². The molecule has 0 spiro atoms. The fourth-order valence-electron chi connectivity index (χ4n) is 5.94. The highest BCUT2D eigenvalue weighted by molar-refractivity contribution is 5.99. The first-order chi connectivity index (χ1) is 17.6. The molecule has 0 bridgehead atoms. The number of likely N-dealkylation sites (tertiary alicyclic amines) is 2. The van der Waals surface area contributed by atoms with Gasteiger partial charge in [0.25, 0.3) is 5.91 Å². The molecule has 3 fully saturated rings. The first-order valence-corrected chi connectivity index (χ1v) is 13.8. The number of ketones is 1. The molecule has 8 heteroatoms. The predicted molar refractivity (Wildman–Crippen MR) is 142 cm³/mol. The second kappa shape index (κ2) is 11.6. The van der Waals surface area contributed by atoms with Gasteiger partial charge in [-0.2, -0.15) is 0 Å². The normalized spacial score (nSPS) is 25.8. The standard InChI is InChI=1S/C29H43N3O5/c1-6-14-31-15-12-20(13-16-31)19-8-10-21(11-9-19)27(34)30-26(29(3,4)5)28(35)32-17-23(36-7-2)25-24(32)22(33)18-37-25/h8-11,20,23-26H,6-7,12-18H2,1-5H3,(H,30,34)/t23-,24+,25+,26+/m0/s1. The molecule has 0 radical (unpaired) electrons. The van der Waals surface area contributed by atoms with Crippen molar-refractivity contribution in [3.05, 3.63) is 35.4 Å². The number of piperidine rings is 1. The van der Waals surface area contributed by atoms with Crippen molar-refractivity contribution >= 4 is 17.6 Å². The fraction of sp³-hybridized carbons (Fsp3) is 0.690. The molecule has 4 rings (SSSR count). The third kappa shape index (κ3) is 6.07. The summed E-state index contributed by atoms with van der Waals surface area (Å²) < 4.78 is 11.5. The van der Waals surface area contributed by atoms with E-state index in [0.29, 0.717) is 18.1 Å². The molecule has 204 valence electrons. The van der Waals surface area contributed by atoms with Gasteiger partial charge in [0.2, 0.25) is 5.91 Å². The molecule has 0 saturated carbocycles. The summed E-state index contributed by atoms with van der Waals surface area (Å²) in [6, 6.07) is 6.37. The van der Waals surface area contributed by atoms with Crippen molar-refractivity contribution in [2.75, 3.05) is 39.4 Å². The van der Waals surface area contributed by atoms with Gasteiger partial charge in [-0.05, 0) is 74.8 Å². The van der Waals surface area contributed by atoms with Crippen LogP contribution in [0.3, 0.4) is 0 Å². The van der Waals surface area contributed by atoms with Gasteiger partial charge in [-0.15, -0.1) is 0 Å². The van der Waals surface area contributed by atoms with Crippen molar-refractivity contribution in [1.29, 1.82) is 0 Å². The number of hydrogen-bond acceptors (Lipinski definition) is 6. The molecule has 8 nitrogen and oxygen atoms in total. The van der Waals surface area contributed by atoms with Crippen LogP contribution < -0.4 is 5.32 Å². The van der Waals surface area contributed by atoms with Crippen molar-refractivity contribution in [3.8, 4) is 0 Å². The van der Waals surface area contributed by atoms with E-state index in [1.165, 1.54) is 12.0 Å². The van der Waals surface area contributed by atoms with E-state index >= 15 is 0 Å². The molecule has 0 unspecified atom stereocenters. The Balaban J connectivity index is 1.44. The van der Waals surface area contributed by atoms with Gasteiger partial charge in [0.15, 0.2) is 5.78 Å². The van der Waals surface area contributed by atoms with Crippen LogP contribution in [0, 0.1) is 5.41 Å². The predicted octanol–water partition coefficient (Wildman–Crippen LogP) is 3.00. The number of hydrogen-bond donors (Lipinski definition) is 1. The third-order valence-corrected chi connectivity index (χ3v) is 7.96. The van der Waals surface area contributed by atoms with Crippen molar-refractivity contribution < 1.29 is 23.9 Å². The first kappa shape index (κ1) is 27.7. The summed E-state index contributed by atoms with van der Waals surface area (Å²) in [4.78, 5) is 43.7. The smallest absolute Gasteiger partial charge is 0.251 e. The monoisotopic (exact) mass is 513 g/mol. The van der Waals surface area contributed by atoms with E-state index in [1.54, 1.807) is 4.90 Å². The molecule has 1 aromatic carbocycles. The van der Waals surface area contributed by atoms with E-state index < -0.39 is 23.6 Å². The van der Waals surface area contributed by atoms with Gasteiger partial charge in [-0.1, -0.05) is 39.8 Å². The van der Waals surface area contributed by atoms with Crippen molar-refractivity contribution in [2.24, 2.45) is 5.41 Å². The number of rotatable bonds is 8. The Morgan fingerprint density at radius 1 is 1.14 bits per heavy atom. The first-order valence-electron chi connectivity index (χ1n) is 13.8. The second-order valence-electron chi connectivity index (χ2n) is 11.7. The number of fused-ring (bicyclic) bond motifs is 1. The SMILES string of the molecule is CCCN1CCC(c2ccc(C(=O)N[C@H](C(=O)N3C[C@H](OCC)[C@H]4OCC(=O)[C@H]43)C(C)(C)C)cc2)CC1. The summed E-state index contributed by atoms with van der Waals surface area (Å²) in [5, 5.41) is 2.98. The van der Waals surface area contributed by atoms with Gasteiger partial charge in [-0.25, -0.2) is 0 Å². The van der Waals surface area contributed by atoms with Crippen molar-refractivity contribution in [2.45, 2.75) is 84.1 Å². The summed E-state index contributed by atoms with van der Waals surface area (Å²) in [5.74, 6) is -0.159. The molecular weight excluding hydrogens is 470 g/mol. The second-order valence-corrected chi connectivity index (χ2v) is 11.7. The Hall–Kier alpha value is -2.29. The summed E-state index contributed by atoms with van der Waals surface area (Å²) >= 11 is 0. The lowest BCUT2D eigenvalue weighted by Gasteiger charge is -2.35. The number of benzene rings is 1. The van der Waals surface area contributed by atoms with E-state index in [4.69, 9.17) is 9.47 Å². The molecule has 1 N–H and O–H groups in total. The zero-order valence-corrected chi connectivity index (χ0v) is 23.0. The van der Waals surface area contributed by atoms with Crippen LogP contribution in [0.2, 0.25) is 0 Å². The zero-order chi connectivity index (χ0) is 26.7. The molecule has 3 aliphatic heterocycles. The summed E-state index contributed by atoms with van der Waals surface area (Å²) in [5.41, 5.74) is 1.24. The Bertz CT molecular complexity index is 965. The largest absolute Gasteiger partial charge is 0.374 e. The summed E-state index contributed by atoms with van der Waals surface area (Å²) in [7, 11) is 0. The van der Waals surface area contributed by atoms with Gasteiger partial charge >= 0.3 is 0 Å². The number of nitrogens with one attached hydrogen (secondary N) is 1. The molecule has 37 heavy (non-hydrogen) atoms. The maximum atomic E-state index is 13.8. The molecule has 2 amide bonds. The minimum atomic E-state index is -0.794. The lowest BCUT2D eigenvalue weighted by atomic mass is 9.85. The molecule has 0 aromatic heterocycles. The van der Waals surface area contributed by atoms with Crippen LogP contribution >= 0.6 is 0 Å². The Morgan fingerprint density at radius 3 is 2.41 bits per heavy atom. The third-order valence-electron chi connectivity index (χ3n) is 7.96. The summed E-state index contributed by atoms with van der Waals surface area (Å²) in [6.45, 7) is 14.0. The molecular formula is C29H43N3O5. The molecule has 4 atom stereocenters. The summed E-state index contributed by atoms with van der Waals surface area (Å²) in [6.07, 6.45) is 2.66. The van der Waals surface area contributed by atoms with Gasteiger partial charge in [0.1, 0.15) is 30.9 Å². The van der Waals surface area contributed by atoms with Crippen LogP contribution in [0.5, 0.6) is 0 Å². The highest BCUT2D eigenvalue weighted by atomic mass is 16.6. The van der Waals surface area contributed by atoms with Gasteiger partial charge in [-0.3, -0.25) is 14.4 Å². The Kier molecular flexibility index (Phi) is 8.71. The molecule has 3 heterocycles. The number of ether oxygens (including phenoxy) is 2. The van der Waals surface area contributed by atoms with Crippen molar-refractivity contribution in [1.82, 2.24) is 15.1 Å². The van der Waals surface area contributed by atoms with Crippen LogP contribution in [0.15, 0.2) is 24.3 Å². The number of carbonyl (C=O) groups is 3. The minimum Gasteiger partial charge on any atom is -0.374 e. The molecule has 1 aromatic rings. The van der Waals surface area contributed by atoms with Crippen molar-refractivity contribution in [3.63, 3.8) is 0 Å². The van der Waals surface area contributed by atoms with Gasteiger partial charge < -0.3 is 24.6 Å². The van der Waals surface area contributed by atoms with Crippen LogP contribution in [-0.2, 0) is 19.1 Å².